The molecule has 0 bridgehead atoms. The van der Waals surface area contributed by atoms with Crippen LogP contribution in [0, 0.1) is 0 Å². The van der Waals surface area contributed by atoms with Crippen molar-refractivity contribution in [2.24, 2.45) is 0 Å². The Morgan fingerprint density at radius 1 is 0.468 bits per heavy atom. The van der Waals surface area contributed by atoms with Crippen molar-refractivity contribution in [2.75, 3.05) is 9.80 Å². The van der Waals surface area contributed by atoms with Crippen LogP contribution in [0.1, 0.15) is 57.5 Å². The molecule has 16 rings (SSSR count). The molecule has 0 fully saturated rings. The SMILES string of the molecule is Clc1cccc2c1Sc1c(N(c3ccccc3)c3cc(-c4ccccc4)c4oc5ccccc5c4c3)cccc1C21c2ccccc2-c2cc(N(c3ccccc3)c3cc(C4=CC=CCC4)c4sc5c(c4c3)CCC=C5)ccc21. The quantitative estimate of drug-likeness (QED) is 0.151. The summed E-state index contributed by atoms with van der Waals surface area (Å²) in [5.41, 5.74) is 21.3. The number of hydrogen-bond acceptors (Lipinski definition) is 5. The number of thiophene rings is 1. The highest BCUT2D eigenvalue weighted by Gasteiger charge is 2.51. The molecule has 3 heterocycles. The van der Waals surface area contributed by atoms with E-state index in [1.807, 2.05) is 17.4 Å². The lowest BCUT2D eigenvalue weighted by molar-refractivity contribution is 0.670. The van der Waals surface area contributed by atoms with Gasteiger partial charge in [0.2, 0.25) is 0 Å². The van der Waals surface area contributed by atoms with Gasteiger partial charge in [-0.25, -0.2) is 0 Å². The lowest BCUT2D eigenvalue weighted by atomic mass is 9.67. The Morgan fingerprint density at radius 2 is 1.13 bits per heavy atom. The molecule has 6 heteroatoms. The molecule has 4 aliphatic rings. The fraction of sp³-hybridized carbons (Fsp3) is 0.0685. The molecular formula is C73H49ClN2OS2. The molecule has 0 saturated carbocycles. The van der Waals surface area contributed by atoms with Gasteiger partial charge in [0, 0.05) is 64.1 Å². The van der Waals surface area contributed by atoms with E-state index in [0.29, 0.717) is 0 Å². The average Bonchev–Trinajstić information content (AvgIpc) is 4.39. The molecule has 10 aromatic carbocycles. The van der Waals surface area contributed by atoms with Gasteiger partial charge in [0.1, 0.15) is 11.2 Å². The predicted octanol–water partition coefficient (Wildman–Crippen LogP) is 21.6. The summed E-state index contributed by atoms with van der Waals surface area (Å²) < 4.78 is 8.14. The summed E-state index contributed by atoms with van der Waals surface area (Å²) in [6, 6.07) is 80.2. The molecule has 2 aromatic heterocycles. The number of halogens is 1. The summed E-state index contributed by atoms with van der Waals surface area (Å²) in [4.78, 5) is 8.56. The van der Waals surface area contributed by atoms with E-state index in [1.165, 1.54) is 70.7 Å². The van der Waals surface area contributed by atoms with Gasteiger partial charge in [0.15, 0.2) is 0 Å². The second kappa shape index (κ2) is 18.5. The smallest absolute Gasteiger partial charge is 0.143 e. The number of aryl methyl sites for hydroxylation is 1. The van der Waals surface area contributed by atoms with Crippen molar-refractivity contribution in [3.8, 4) is 22.3 Å². The fourth-order valence-corrected chi connectivity index (χ4v) is 16.2. The topological polar surface area (TPSA) is 19.6 Å². The van der Waals surface area contributed by atoms with Crippen LogP contribution in [0.3, 0.4) is 0 Å². The van der Waals surface area contributed by atoms with Gasteiger partial charge in [-0.1, -0.05) is 187 Å². The van der Waals surface area contributed by atoms with E-state index in [9.17, 15) is 0 Å². The van der Waals surface area contributed by atoms with E-state index >= 15 is 0 Å². The van der Waals surface area contributed by atoms with Gasteiger partial charge in [0.05, 0.1) is 16.1 Å². The monoisotopic (exact) mass is 1070 g/mol. The number of rotatable bonds is 8. The summed E-state index contributed by atoms with van der Waals surface area (Å²) in [7, 11) is 0. The standard InChI is InChI=1S/C73H49ClN2OS2/c74-65-35-19-33-63-71(65)79-72-64(34-20-36-66(72)76(49-27-11-4-12-28-49)52-42-56(46-21-5-1-6-22-46)69-59(44-52)54-30-14-17-37-67(54)77-69)73(63)61-32-16-13-29-53(61)58-41-50(39-40-62(58)73)75(48-25-9-3-10-26-48)51-43-57(47-23-7-2-8-24-47)70-60(45-51)55-31-15-18-38-68(55)78-70/h1-7,9-14,16-23,25-30,32-45H,8,15,24,31H2. The molecule has 0 N–H and O–H groups in total. The lowest BCUT2D eigenvalue weighted by Crippen LogP contribution is -2.32. The largest absolute Gasteiger partial charge is 0.455 e. The van der Waals surface area contributed by atoms with E-state index in [4.69, 9.17) is 16.0 Å². The van der Waals surface area contributed by atoms with E-state index < -0.39 is 5.41 Å². The van der Waals surface area contributed by atoms with E-state index in [-0.39, 0.29) is 0 Å². The molecule has 1 spiro atoms. The second-order valence-corrected chi connectivity index (χ2v) is 23.5. The Hall–Kier alpha value is -8.58. The molecule has 1 aliphatic heterocycles. The van der Waals surface area contributed by atoms with Crippen molar-refractivity contribution in [3.63, 3.8) is 0 Å². The number of furan rings is 1. The summed E-state index contributed by atoms with van der Waals surface area (Å²) in [6.45, 7) is 0. The van der Waals surface area contributed by atoms with Crippen LogP contribution < -0.4 is 9.80 Å². The Bertz CT molecular complexity index is 4550. The summed E-state index contributed by atoms with van der Waals surface area (Å²) in [6.07, 6.45) is 15.8. The summed E-state index contributed by atoms with van der Waals surface area (Å²) in [5.74, 6) is 0. The maximum Gasteiger partial charge on any atom is 0.143 e. The first kappa shape index (κ1) is 46.5. The second-order valence-electron chi connectivity index (χ2n) is 21.0. The molecule has 3 aliphatic carbocycles. The highest BCUT2D eigenvalue weighted by atomic mass is 35.5. The van der Waals surface area contributed by atoms with Crippen LogP contribution in [0.2, 0.25) is 5.02 Å². The van der Waals surface area contributed by atoms with Gasteiger partial charge in [-0.2, -0.15) is 0 Å². The number of hydrogen-bond donors (Lipinski definition) is 0. The summed E-state index contributed by atoms with van der Waals surface area (Å²) in [5, 5.41) is 4.27. The van der Waals surface area contributed by atoms with Gasteiger partial charge in [-0.05, 0) is 172 Å². The van der Waals surface area contributed by atoms with Crippen LogP contribution in [0.5, 0.6) is 0 Å². The van der Waals surface area contributed by atoms with Gasteiger partial charge >= 0.3 is 0 Å². The number of fused-ring (bicyclic) bond motifs is 15. The Morgan fingerprint density at radius 3 is 1.95 bits per heavy atom. The van der Waals surface area contributed by atoms with Crippen LogP contribution in [0.25, 0.3) is 65.9 Å². The van der Waals surface area contributed by atoms with Crippen LogP contribution in [0.15, 0.2) is 257 Å². The predicted molar refractivity (Wildman–Crippen MR) is 334 cm³/mol. The van der Waals surface area contributed by atoms with Crippen molar-refractivity contribution in [2.45, 2.75) is 40.9 Å². The molecule has 376 valence electrons. The fourth-order valence-electron chi connectivity index (χ4n) is 13.3. The Labute approximate surface area is 472 Å². The van der Waals surface area contributed by atoms with Crippen LogP contribution >= 0.6 is 34.7 Å². The molecule has 0 radical (unpaired) electrons. The number of benzene rings is 10. The normalized spacial score (nSPS) is 15.7. The minimum absolute atomic E-state index is 0.711. The van der Waals surface area contributed by atoms with Crippen molar-refractivity contribution in [1.82, 2.24) is 0 Å². The van der Waals surface area contributed by atoms with Gasteiger partial charge in [0.25, 0.3) is 0 Å². The van der Waals surface area contributed by atoms with Crippen LogP contribution in [0.4, 0.5) is 34.1 Å². The molecule has 12 aromatic rings. The van der Waals surface area contributed by atoms with E-state index in [0.717, 1.165) is 102 Å². The number of allylic oxidation sites excluding steroid dienone is 5. The molecule has 79 heavy (non-hydrogen) atoms. The zero-order chi connectivity index (χ0) is 52.2. The zero-order valence-electron chi connectivity index (χ0n) is 43.0. The van der Waals surface area contributed by atoms with Crippen molar-refractivity contribution in [1.29, 1.82) is 0 Å². The summed E-state index contributed by atoms with van der Waals surface area (Å²) >= 11 is 11.3. The van der Waals surface area contributed by atoms with Crippen LogP contribution in [-0.2, 0) is 11.8 Å². The highest BCUT2D eigenvalue weighted by molar-refractivity contribution is 7.99. The van der Waals surface area contributed by atoms with Crippen molar-refractivity contribution >= 4 is 112 Å². The number of para-hydroxylation sites is 3. The molecule has 1 unspecified atom stereocenters. The maximum atomic E-state index is 7.57. The Kier molecular flexibility index (Phi) is 10.9. The van der Waals surface area contributed by atoms with Crippen molar-refractivity contribution in [3.05, 3.63) is 286 Å². The molecule has 0 saturated heterocycles. The highest BCUT2D eigenvalue weighted by Crippen LogP contribution is 2.65. The molecule has 1 atom stereocenters. The van der Waals surface area contributed by atoms with E-state index in [2.05, 4.69) is 253 Å². The lowest BCUT2D eigenvalue weighted by Gasteiger charge is -2.41. The number of nitrogens with zero attached hydrogens (tertiary/aromatic N) is 2. The van der Waals surface area contributed by atoms with E-state index in [1.54, 1.807) is 11.8 Å². The minimum atomic E-state index is -0.711. The van der Waals surface area contributed by atoms with Crippen LogP contribution in [-0.4, -0.2) is 0 Å². The third-order valence-electron chi connectivity index (χ3n) is 16.7. The first-order valence-electron chi connectivity index (χ1n) is 27.3. The Balaban J connectivity index is 0.935. The molecule has 3 nitrogen and oxygen atoms in total. The van der Waals surface area contributed by atoms with Crippen molar-refractivity contribution < 1.29 is 4.42 Å². The first-order valence-corrected chi connectivity index (χ1v) is 29.3. The van der Waals surface area contributed by atoms with Gasteiger partial charge in [-0.15, -0.1) is 11.3 Å². The van der Waals surface area contributed by atoms with Gasteiger partial charge < -0.3 is 14.2 Å². The molecular weight excluding hydrogens is 1020 g/mol. The number of anilines is 6. The van der Waals surface area contributed by atoms with Gasteiger partial charge in [-0.3, -0.25) is 0 Å². The third-order valence-corrected chi connectivity index (χ3v) is 19.6. The maximum absolute atomic E-state index is 7.57. The molecule has 0 amide bonds. The zero-order valence-corrected chi connectivity index (χ0v) is 45.4. The minimum Gasteiger partial charge on any atom is -0.455 e. The average molecular weight is 1070 g/mol. The third kappa shape index (κ3) is 7.19. The first-order chi connectivity index (χ1) is 39.1.